The highest BCUT2D eigenvalue weighted by molar-refractivity contribution is 7.18. The van der Waals surface area contributed by atoms with Gasteiger partial charge in [0.15, 0.2) is 0 Å². The molecule has 3 rings (SSSR count). The maximum atomic E-state index is 12.0. The minimum atomic E-state index is -0.355. The van der Waals surface area contributed by atoms with Gasteiger partial charge in [-0.1, -0.05) is 28.8 Å². The monoisotopic (exact) mass is 335 g/mol. The maximum absolute atomic E-state index is 12.0. The van der Waals surface area contributed by atoms with Crippen molar-refractivity contribution in [3.8, 4) is 17.2 Å². The summed E-state index contributed by atoms with van der Waals surface area (Å²) >= 11 is 6.97. The summed E-state index contributed by atoms with van der Waals surface area (Å²) in [7, 11) is 1.55. The van der Waals surface area contributed by atoms with Crippen molar-refractivity contribution in [3.63, 3.8) is 0 Å². The second-order valence-corrected chi connectivity index (χ2v) is 5.89. The number of hydrogen-bond acceptors (Lipinski definition) is 6. The summed E-state index contributed by atoms with van der Waals surface area (Å²) in [5, 5.41) is 10.3. The highest BCUT2D eigenvalue weighted by atomic mass is 35.5. The van der Waals surface area contributed by atoms with Crippen LogP contribution in [0.3, 0.4) is 0 Å². The van der Waals surface area contributed by atoms with Crippen LogP contribution in [0.4, 0.5) is 6.01 Å². The molecule has 0 aliphatic carbocycles. The molecule has 0 saturated heterocycles. The average molecular weight is 336 g/mol. The SMILES string of the molecule is COc1ccccc1-c1nnc(NC(=O)c2ccc(Cl)s2)o1. The van der Waals surface area contributed by atoms with Crippen LogP contribution in [0.5, 0.6) is 5.75 Å². The first-order chi connectivity index (χ1) is 10.7. The van der Waals surface area contributed by atoms with Gasteiger partial charge in [0.05, 0.1) is 21.9 Å². The standard InChI is InChI=1S/C14H10ClN3O3S/c1-20-9-5-3-2-4-8(9)13-17-18-14(21-13)16-12(19)10-6-7-11(15)22-10/h2-7H,1H3,(H,16,18,19). The summed E-state index contributed by atoms with van der Waals surface area (Å²) < 4.78 is 11.2. The lowest BCUT2D eigenvalue weighted by Crippen LogP contribution is -2.10. The van der Waals surface area contributed by atoms with E-state index in [9.17, 15) is 4.79 Å². The Balaban J connectivity index is 1.80. The number of ether oxygens (including phenoxy) is 1. The first-order valence-electron chi connectivity index (χ1n) is 6.21. The molecule has 1 amide bonds. The summed E-state index contributed by atoms with van der Waals surface area (Å²) in [4.78, 5) is 12.4. The lowest BCUT2D eigenvalue weighted by atomic mass is 10.2. The number of anilines is 1. The number of nitrogens with one attached hydrogen (secondary N) is 1. The van der Waals surface area contributed by atoms with E-state index in [0.29, 0.717) is 20.5 Å². The predicted molar refractivity (Wildman–Crippen MR) is 83.6 cm³/mol. The highest BCUT2D eigenvalue weighted by Crippen LogP contribution is 2.29. The normalized spacial score (nSPS) is 10.5. The fraction of sp³-hybridized carbons (Fsp3) is 0.0714. The Labute approximate surface area is 134 Å². The van der Waals surface area contributed by atoms with E-state index in [4.69, 9.17) is 20.8 Å². The Hall–Kier alpha value is -2.38. The second kappa shape index (κ2) is 6.17. The van der Waals surface area contributed by atoms with Gasteiger partial charge in [-0.25, -0.2) is 0 Å². The number of methoxy groups -OCH3 is 1. The Morgan fingerprint density at radius 1 is 1.27 bits per heavy atom. The van der Waals surface area contributed by atoms with Crippen LogP contribution in [0.2, 0.25) is 4.34 Å². The summed E-state index contributed by atoms with van der Waals surface area (Å²) in [5.41, 5.74) is 0.650. The van der Waals surface area contributed by atoms with Crippen LogP contribution in [0.25, 0.3) is 11.5 Å². The van der Waals surface area contributed by atoms with Gasteiger partial charge < -0.3 is 9.15 Å². The number of aromatic nitrogens is 2. The molecule has 0 bridgehead atoms. The summed E-state index contributed by atoms with van der Waals surface area (Å²) in [5.74, 6) is 0.512. The van der Waals surface area contributed by atoms with Crippen molar-refractivity contribution in [2.75, 3.05) is 12.4 Å². The number of halogens is 1. The third-order valence-corrected chi connectivity index (χ3v) is 4.01. The van der Waals surface area contributed by atoms with Crippen LogP contribution in [0, 0.1) is 0 Å². The van der Waals surface area contributed by atoms with E-state index in [-0.39, 0.29) is 17.8 Å². The number of amides is 1. The smallest absolute Gasteiger partial charge is 0.322 e. The van der Waals surface area contributed by atoms with Gasteiger partial charge in [-0.2, -0.15) is 0 Å². The van der Waals surface area contributed by atoms with E-state index in [2.05, 4.69) is 15.5 Å². The molecule has 3 aromatic rings. The molecule has 0 atom stereocenters. The van der Waals surface area contributed by atoms with Crippen LogP contribution in [-0.2, 0) is 0 Å². The molecule has 2 aromatic heterocycles. The second-order valence-electron chi connectivity index (χ2n) is 4.17. The van der Waals surface area contributed by atoms with Crippen LogP contribution >= 0.6 is 22.9 Å². The Morgan fingerprint density at radius 3 is 2.82 bits per heavy atom. The average Bonchev–Trinajstić information content (AvgIpc) is 3.16. The van der Waals surface area contributed by atoms with Gasteiger partial charge in [-0.15, -0.1) is 16.4 Å². The van der Waals surface area contributed by atoms with Crippen molar-refractivity contribution in [1.82, 2.24) is 10.2 Å². The summed E-state index contributed by atoms with van der Waals surface area (Å²) in [6, 6.07) is 10.5. The highest BCUT2D eigenvalue weighted by Gasteiger charge is 2.16. The summed E-state index contributed by atoms with van der Waals surface area (Å²) in [6.45, 7) is 0. The number of nitrogens with zero attached hydrogens (tertiary/aromatic N) is 2. The van der Waals surface area contributed by atoms with E-state index in [1.807, 2.05) is 12.1 Å². The molecular formula is C14H10ClN3O3S. The zero-order chi connectivity index (χ0) is 15.5. The van der Waals surface area contributed by atoms with Crippen molar-refractivity contribution in [2.45, 2.75) is 0 Å². The molecule has 112 valence electrons. The molecule has 0 unspecified atom stereocenters. The van der Waals surface area contributed by atoms with Gasteiger partial charge in [0.2, 0.25) is 0 Å². The van der Waals surface area contributed by atoms with Crippen molar-refractivity contribution < 1.29 is 13.9 Å². The molecule has 1 aromatic carbocycles. The number of thiophene rings is 1. The molecule has 0 spiro atoms. The maximum Gasteiger partial charge on any atom is 0.322 e. The predicted octanol–water partition coefficient (Wildman–Crippen LogP) is 3.71. The van der Waals surface area contributed by atoms with Gasteiger partial charge in [0.1, 0.15) is 5.75 Å². The van der Waals surface area contributed by atoms with Crippen LogP contribution < -0.4 is 10.1 Å². The third kappa shape index (κ3) is 2.95. The van der Waals surface area contributed by atoms with Gasteiger partial charge in [-0.05, 0) is 24.3 Å². The van der Waals surface area contributed by atoms with Crippen LogP contribution in [-0.4, -0.2) is 23.2 Å². The van der Waals surface area contributed by atoms with E-state index < -0.39 is 0 Å². The molecule has 22 heavy (non-hydrogen) atoms. The number of benzene rings is 1. The quantitative estimate of drug-likeness (QED) is 0.786. The lowest BCUT2D eigenvalue weighted by molar-refractivity contribution is 0.102. The lowest BCUT2D eigenvalue weighted by Gasteiger charge is -2.03. The largest absolute Gasteiger partial charge is 0.496 e. The Bertz CT molecular complexity index is 815. The molecule has 0 radical (unpaired) electrons. The van der Waals surface area contributed by atoms with Gasteiger partial charge in [0.25, 0.3) is 11.8 Å². The zero-order valence-corrected chi connectivity index (χ0v) is 12.9. The first-order valence-corrected chi connectivity index (χ1v) is 7.40. The van der Waals surface area contributed by atoms with Crippen molar-refractivity contribution >= 4 is 34.9 Å². The minimum absolute atomic E-state index is 0.00966. The van der Waals surface area contributed by atoms with Crippen LogP contribution in [0.1, 0.15) is 9.67 Å². The molecule has 8 heteroatoms. The molecule has 1 N–H and O–H groups in total. The number of para-hydroxylation sites is 1. The minimum Gasteiger partial charge on any atom is -0.496 e. The van der Waals surface area contributed by atoms with Crippen molar-refractivity contribution in [3.05, 3.63) is 45.6 Å². The van der Waals surface area contributed by atoms with E-state index >= 15 is 0 Å². The van der Waals surface area contributed by atoms with Crippen molar-refractivity contribution in [1.29, 1.82) is 0 Å². The van der Waals surface area contributed by atoms with E-state index in [1.165, 1.54) is 11.3 Å². The first kappa shape index (κ1) is 14.6. The zero-order valence-electron chi connectivity index (χ0n) is 11.4. The van der Waals surface area contributed by atoms with Gasteiger partial charge in [0, 0.05) is 0 Å². The number of carbonyl (C=O) groups excluding carboxylic acids is 1. The van der Waals surface area contributed by atoms with E-state index in [0.717, 1.165) is 0 Å². The topological polar surface area (TPSA) is 77.3 Å². The Kier molecular flexibility index (Phi) is 4.08. The van der Waals surface area contributed by atoms with Crippen LogP contribution in [0.15, 0.2) is 40.8 Å². The van der Waals surface area contributed by atoms with E-state index in [1.54, 1.807) is 31.4 Å². The fourth-order valence-corrected chi connectivity index (χ4v) is 2.74. The molecule has 0 aliphatic heterocycles. The molecule has 6 nitrogen and oxygen atoms in total. The molecule has 2 heterocycles. The molecule has 0 fully saturated rings. The van der Waals surface area contributed by atoms with Gasteiger partial charge >= 0.3 is 6.01 Å². The molecular weight excluding hydrogens is 326 g/mol. The molecule has 0 saturated carbocycles. The summed E-state index contributed by atoms with van der Waals surface area (Å²) in [6.07, 6.45) is 0. The number of carbonyl (C=O) groups is 1. The Morgan fingerprint density at radius 2 is 2.09 bits per heavy atom. The number of rotatable bonds is 4. The molecule has 0 aliphatic rings. The van der Waals surface area contributed by atoms with Crippen molar-refractivity contribution in [2.24, 2.45) is 0 Å². The number of hydrogen-bond donors (Lipinski definition) is 1. The van der Waals surface area contributed by atoms with Gasteiger partial charge in [-0.3, -0.25) is 10.1 Å². The third-order valence-electron chi connectivity index (χ3n) is 2.78. The fourth-order valence-electron chi connectivity index (χ4n) is 1.80.